The maximum Gasteiger partial charge on any atom is 0.272 e. The summed E-state index contributed by atoms with van der Waals surface area (Å²) < 4.78 is 1.31. The second kappa shape index (κ2) is 8.00. The third-order valence-electron chi connectivity index (χ3n) is 5.54. The number of anilines is 1. The Balaban J connectivity index is 1.60. The lowest BCUT2D eigenvalue weighted by Crippen LogP contribution is -2.38. The summed E-state index contributed by atoms with van der Waals surface area (Å²) in [7, 11) is 0. The van der Waals surface area contributed by atoms with Crippen LogP contribution in [-0.2, 0) is 0 Å². The SMILES string of the molecule is CC(C)N1CCC(c2cc(=O)n3[nH]cc(C(=O)Nc4ccc(Cl)cc4)c3n2)CC1. The molecule has 1 aromatic carbocycles. The number of likely N-dealkylation sites (tertiary alicyclic amines) is 1. The molecule has 2 aromatic heterocycles. The summed E-state index contributed by atoms with van der Waals surface area (Å²) in [5, 5.41) is 6.25. The van der Waals surface area contributed by atoms with Gasteiger partial charge in [0, 0.05) is 34.9 Å². The first-order chi connectivity index (χ1) is 13.9. The van der Waals surface area contributed by atoms with Crippen molar-refractivity contribution < 1.29 is 4.79 Å². The number of aromatic nitrogens is 3. The molecule has 1 fully saturated rings. The second-order valence-corrected chi connectivity index (χ2v) is 8.17. The molecule has 0 aliphatic carbocycles. The van der Waals surface area contributed by atoms with E-state index in [0.717, 1.165) is 31.6 Å². The minimum Gasteiger partial charge on any atom is -0.322 e. The lowest BCUT2D eigenvalue weighted by molar-refractivity contribution is 0.102. The molecule has 0 radical (unpaired) electrons. The van der Waals surface area contributed by atoms with Crippen molar-refractivity contribution in [1.29, 1.82) is 0 Å². The first-order valence-electron chi connectivity index (χ1n) is 9.84. The number of hydrogen-bond acceptors (Lipinski definition) is 4. The minimum atomic E-state index is -0.329. The van der Waals surface area contributed by atoms with Crippen molar-refractivity contribution in [2.75, 3.05) is 18.4 Å². The Morgan fingerprint density at radius 2 is 1.93 bits per heavy atom. The van der Waals surface area contributed by atoms with Crippen LogP contribution in [0.4, 0.5) is 5.69 Å². The molecule has 3 heterocycles. The van der Waals surface area contributed by atoms with Crippen LogP contribution >= 0.6 is 11.6 Å². The van der Waals surface area contributed by atoms with Crippen molar-refractivity contribution in [3.63, 3.8) is 0 Å². The molecule has 29 heavy (non-hydrogen) atoms. The summed E-state index contributed by atoms with van der Waals surface area (Å²) in [6.45, 7) is 6.37. The normalized spacial score (nSPS) is 15.9. The number of benzene rings is 1. The van der Waals surface area contributed by atoms with Gasteiger partial charge in [0.2, 0.25) is 0 Å². The fourth-order valence-electron chi connectivity index (χ4n) is 3.82. The standard InChI is InChI=1S/C21H24ClN5O2/c1-13(2)26-9-7-14(8-10-26)18-11-19(28)27-20(25-18)17(12-23-27)21(29)24-16-5-3-15(22)4-6-16/h3-6,11-14,23H,7-10H2,1-2H3,(H,24,29). The number of H-pyrrole nitrogens is 1. The minimum absolute atomic E-state index is 0.207. The molecule has 0 spiro atoms. The highest BCUT2D eigenvalue weighted by molar-refractivity contribution is 6.30. The molecule has 7 nitrogen and oxygen atoms in total. The Labute approximate surface area is 173 Å². The molecule has 4 rings (SSSR count). The number of halogens is 1. The topological polar surface area (TPSA) is 82.5 Å². The van der Waals surface area contributed by atoms with Crippen LogP contribution in [0.3, 0.4) is 0 Å². The quantitative estimate of drug-likeness (QED) is 0.685. The van der Waals surface area contributed by atoms with Gasteiger partial charge in [-0.1, -0.05) is 11.6 Å². The van der Waals surface area contributed by atoms with E-state index in [1.807, 2.05) is 0 Å². The number of nitrogens with zero attached hydrogens (tertiary/aromatic N) is 3. The van der Waals surface area contributed by atoms with Gasteiger partial charge in [0.15, 0.2) is 5.65 Å². The van der Waals surface area contributed by atoms with E-state index < -0.39 is 0 Å². The van der Waals surface area contributed by atoms with Gasteiger partial charge in [-0.05, 0) is 64.0 Å². The van der Waals surface area contributed by atoms with E-state index in [0.29, 0.717) is 28.0 Å². The van der Waals surface area contributed by atoms with Crippen molar-refractivity contribution in [2.45, 2.75) is 38.6 Å². The molecule has 0 saturated carbocycles. The Hall–Kier alpha value is -2.64. The van der Waals surface area contributed by atoms with Crippen molar-refractivity contribution in [3.05, 3.63) is 63.2 Å². The molecule has 2 N–H and O–H groups in total. The predicted molar refractivity (Wildman–Crippen MR) is 114 cm³/mol. The Bertz CT molecular complexity index is 1080. The Morgan fingerprint density at radius 3 is 2.59 bits per heavy atom. The molecule has 8 heteroatoms. The number of nitrogens with one attached hydrogen (secondary N) is 2. The summed E-state index contributed by atoms with van der Waals surface area (Å²) in [6, 6.07) is 8.96. The summed E-state index contributed by atoms with van der Waals surface area (Å²) in [5.41, 5.74) is 1.86. The van der Waals surface area contributed by atoms with Gasteiger partial charge in [0.25, 0.3) is 11.5 Å². The van der Waals surface area contributed by atoms with E-state index in [1.54, 1.807) is 30.3 Å². The molecule has 0 unspecified atom stereocenters. The van der Waals surface area contributed by atoms with Crippen LogP contribution in [0.25, 0.3) is 5.65 Å². The number of aromatic amines is 1. The van der Waals surface area contributed by atoms with Crippen LogP contribution < -0.4 is 10.9 Å². The monoisotopic (exact) mass is 413 g/mol. The number of piperidine rings is 1. The number of carbonyl (C=O) groups is 1. The van der Waals surface area contributed by atoms with Crippen molar-refractivity contribution in [1.82, 2.24) is 19.5 Å². The van der Waals surface area contributed by atoms with Crippen molar-refractivity contribution in [3.8, 4) is 0 Å². The number of rotatable bonds is 4. The molecule has 1 aliphatic heterocycles. The van der Waals surface area contributed by atoms with Gasteiger partial charge in [-0.15, -0.1) is 0 Å². The van der Waals surface area contributed by atoms with E-state index >= 15 is 0 Å². The van der Waals surface area contributed by atoms with Crippen LogP contribution in [0.5, 0.6) is 0 Å². The van der Waals surface area contributed by atoms with Gasteiger partial charge in [0.1, 0.15) is 5.56 Å². The van der Waals surface area contributed by atoms with E-state index in [4.69, 9.17) is 16.6 Å². The average Bonchev–Trinajstić information content (AvgIpc) is 3.14. The van der Waals surface area contributed by atoms with Crippen LogP contribution in [0.1, 0.15) is 48.7 Å². The summed E-state index contributed by atoms with van der Waals surface area (Å²) in [6.07, 6.45) is 3.43. The molecule has 0 bridgehead atoms. The number of amides is 1. The highest BCUT2D eigenvalue weighted by Crippen LogP contribution is 2.27. The van der Waals surface area contributed by atoms with Gasteiger partial charge in [0.05, 0.1) is 5.69 Å². The van der Waals surface area contributed by atoms with E-state index in [1.165, 1.54) is 10.7 Å². The summed E-state index contributed by atoms with van der Waals surface area (Å²) in [5.74, 6) is -0.102. The third-order valence-corrected chi connectivity index (χ3v) is 5.79. The van der Waals surface area contributed by atoms with Crippen LogP contribution in [0.2, 0.25) is 5.02 Å². The third kappa shape index (κ3) is 4.06. The average molecular weight is 414 g/mol. The van der Waals surface area contributed by atoms with Crippen LogP contribution in [-0.4, -0.2) is 44.5 Å². The summed E-state index contributed by atoms with van der Waals surface area (Å²) in [4.78, 5) is 32.5. The lowest BCUT2D eigenvalue weighted by Gasteiger charge is -2.34. The highest BCUT2D eigenvalue weighted by atomic mass is 35.5. The van der Waals surface area contributed by atoms with Gasteiger partial charge in [-0.3, -0.25) is 14.7 Å². The smallest absolute Gasteiger partial charge is 0.272 e. The van der Waals surface area contributed by atoms with Gasteiger partial charge < -0.3 is 10.2 Å². The lowest BCUT2D eigenvalue weighted by atomic mass is 9.92. The number of fused-ring (bicyclic) bond motifs is 1. The Kier molecular flexibility index (Phi) is 5.43. The van der Waals surface area contributed by atoms with Crippen LogP contribution in [0.15, 0.2) is 41.3 Å². The first kappa shape index (κ1) is 19.7. The molecular formula is C21H24ClN5O2. The van der Waals surface area contributed by atoms with Crippen LogP contribution in [0, 0.1) is 0 Å². The fourth-order valence-corrected chi connectivity index (χ4v) is 3.94. The molecular weight excluding hydrogens is 390 g/mol. The van der Waals surface area contributed by atoms with E-state index in [2.05, 4.69) is 29.2 Å². The zero-order chi connectivity index (χ0) is 20.5. The zero-order valence-corrected chi connectivity index (χ0v) is 17.2. The highest BCUT2D eigenvalue weighted by Gasteiger charge is 2.25. The Morgan fingerprint density at radius 1 is 1.24 bits per heavy atom. The van der Waals surface area contributed by atoms with Crippen molar-refractivity contribution in [2.24, 2.45) is 0 Å². The molecule has 0 atom stereocenters. The van der Waals surface area contributed by atoms with Crippen molar-refractivity contribution >= 4 is 28.8 Å². The molecule has 3 aromatic rings. The molecule has 1 amide bonds. The van der Waals surface area contributed by atoms with Gasteiger partial charge in [-0.25, -0.2) is 9.50 Å². The van der Waals surface area contributed by atoms with Gasteiger partial charge in [-0.2, -0.15) is 0 Å². The molecule has 1 saturated heterocycles. The fraction of sp³-hybridized carbons (Fsp3) is 0.381. The zero-order valence-electron chi connectivity index (χ0n) is 16.5. The first-order valence-corrected chi connectivity index (χ1v) is 10.2. The van der Waals surface area contributed by atoms with E-state index in [-0.39, 0.29) is 17.4 Å². The maximum atomic E-state index is 12.8. The predicted octanol–water partition coefficient (Wildman–Crippen LogP) is 3.52. The largest absolute Gasteiger partial charge is 0.322 e. The molecule has 152 valence electrons. The number of carbonyl (C=O) groups excluding carboxylic acids is 1. The van der Waals surface area contributed by atoms with Gasteiger partial charge >= 0.3 is 0 Å². The maximum absolute atomic E-state index is 12.8. The van der Waals surface area contributed by atoms with E-state index in [9.17, 15) is 9.59 Å². The summed E-state index contributed by atoms with van der Waals surface area (Å²) >= 11 is 5.89. The number of hydrogen-bond donors (Lipinski definition) is 2. The second-order valence-electron chi connectivity index (χ2n) is 7.73. The molecule has 1 aliphatic rings.